The number of likely N-dealkylation sites (N-methyl/N-ethyl adjacent to an activating group) is 1. The van der Waals surface area contributed by atoms with E-state index in [0.29, 0.717) is 18.4 Å². The Balaban J connectivity index is 1.65. The molecule has 3 atom stereocenters. The lowest BCUT2D eigenvalue weighted by Gasteiger charge is -2.46. The minimum Gasteiger partial charge on any atom is -0.369 e. The van der Waals surface area contributed by atoms with Gasteiger partial charge in [0.1, 0.15) is 5.92 Å². The van der Waals surface area contributed by atoms with Crippen LogP contribution >= 0.6 is 0 Å². The molecule has 25 heavy (non-hydrogen) atoms. The molecule has 1 unspecified atom stereocenters. The van der Waals surface area contributed by atoms with E-state index in [-0.39, 0.29) is 5.92 Å². The number of fused-ring (bicyclic) bond motifs is 2. The molecule has 0 saturated carbocycles. The molecular weight excluding hydrogens is 316 g/mol. The van der Waals surface area contributed by atoms with Gasteiger partial charge in [-0.1, -0.05) is 12.1 Å². The molecule has 0 bridgehead atoms. The average Bonchev–Trinajstić information content (AvgIpc) is 2.98. The van der Waals surface area contributed by atoms with Gasteiger partial charge in [-0.2, -0.15) is 0 Å². The van der Waals surface area contributed by atoms with Crippen molar-refractivity contribution in [3.8, 4) is 0 Å². The Hall–Kier alpha value is -2.34. The van der Waals surface area contributed by atoms with Crippen LogP contribution in [0.4, 0.5) is 0 Å². The summed E-state index contributed by atoms with van der Waals surface area (Å²) >= 11 is 0. The number of nitrogens with two attached hydrogens (primary N) is 2. The molecule has 1 saturated heterocycles. The Morgan fingerprint density at radius 2 is 2.08 bits per heavy atom. The molecule has 2 aliphatic rings. The third-order valence-electron chi connectivity index (χ3n) is 6.07. The third kappa shape index (κ3) is 2.61. The van der Waals surface area contributed by atoms with Crippen LogP contribution in [-0.2, 0) is 16.0 Å². The second kappa shape index (κ2) is 5.88. The van der Waals surface area contributed by atoms with Crippen LogP contribution < -0.4 is 11.5 Å². The number of H-pyrrole nitrogens is 1. The van der Waals surface area contributed by atoms with E-state index in [9.17, 15) is 9.59 Å². The number of carbonyl (C=O) groups is 2. The van der Waals surface area contributed by atoms with Crippen LogP contribution in [0.2, 0.25) is 0 Å². The number of piperidine rings is 1. The smallest absolute Gasteiger partial charge is 0.229 e. The van der Waals surface area contributed by atoms with E-state index in [4.69, 9.17) is 11.5 Å². The van der Waals surface area contributed by atoms with Gasteiger partial charge in [-0.3, -0.25) is 9.59 Å². The predicted octanol–water partition coefficient (Wildman–Crippen LogP) is 1.10. The predicted molar refractivity (Wildman–Crippen MR) is 95.8 cm³/mol. The lowest BCUT2D eigenvalue weighted by atomic mass is 9.71. The van der Waals surface area contributed by atoms with Crippen LogP contribution in [-0.4, -0.2) is 41.3 Å². The van der Waals surface area contributed by atoms with Gasteiger partial charge in [0.25, 0.3) is 0 Å². The van der Waals surface area contributed by atoms with Crippen LogP contribution in [0.5, 0.6) is 0 Å². The lowest BCUT2D eigenvalue weighted by Crippen LogP contribution is -2.49. The van der Waals surface area contributed by atoms with Crippen LogP contribution in [0.15, 0.2) is 24.4 Å². The van der Waals surface area contributed by atoms with Crippen molar-refractivity contribution in [1.29, 1.82) is 0 Å². The summed E-state index contributed by atoms with van der Waals surface area (Å²) in [6.07, 6.45) is 4.55. The van der Waals surface area contributed by atoms with Gasteiger partial charge >= 0.3 is 0 Å². The minimum atomic E-state index is -0.878. The number of benzene rings is 1. The molecule has 5 N–H and O–H groups in total. The Morgan fingerprint density at radius 3 is 2.80 bits per heavy atom. The molecule has 1 fully saturated rings. The van der Waals surface area contributed by atoms with E-state index in [0.717, 1.165) is 19.4 Å². The monoisotopic (exact) mass is 340 g/mol. The Kier molecular flexibility index (Phi) is 3.80. The molecule has 2 aromatic rings. The second-order valence-corrected chi connectivity index (χ2v) is 7.60. The summed E-state index contributed by atoms with van der Waals surface area (Å²) in [4.78, 5) is 28.9. The van der Waals surface area contributed by atoms with E-state index in [1.807, 2.05) is 0 Å². The Labute approximate surface area is 146 Å². The van der Waals surface area contributed by atoms with Crippen LogP contribution in [0, 0.1) is 11.8 Å². The molecule has 132 valence electrons. The third-order valence-corrected chi connectivity index (χ3v) is 6.07. The normalized spacial score (nSPS) is 25.9. The number of aromatic amines is 1. The molecule has 1 aromatic heterocycles. The maximum Gasteiger partial charge on any atom is 0.229 e. The van der Waals surface area contributed by atoms with E-state index in [1.54, 1.807) is 0 Å². The van der Waals surface area contributed by atoms with Gasteiger partial charge in [0.2, 0.25) is 11.8 Å². The van der Waals surface area contributed by atoms with Crippen LogP contribution in [0.3, 0.4) is 0 Å². The molecule has 2 heterocycles. The molecule has 1 aliphatic heterocycles. The molecule has 1 aromatic carbocycles. The van der Waals surface area contributed by atoms with Crippen LogP contribution in [0.25, 0.3) is 10.9 Å². The highest BCUT2D eigenvalue weighted by Gasteiger charge is 2.40. The fourth-order valence-corrected chi connectivity index (χ4v) is 4.93. The highest BCUT2D eigenvalue weighted by Crippen LogP contribution is 2.45. The number of aromatic nitrogens is 1. The number of hydrogen-bond acceptors (Lipinski definition) is 3. The van der Waals surface area contributed by atoms with E-state index in [2.05, 4.69) is 41.3 Å². The molecule has 4 rings (SSSR count). The van der Waals surface area contributed by atoms with Gasteiger partial charge in [-0.15, -0.1) is 0 Å². The maximum absolute atomic E-state index is 11.6. The molecule has 2 amide bonds. The fourth-order valence-electron chi connectivity index (χ4n) is 4.93. The Morgan fingerprint density at radius 1 is 1.32 bits per heavy atom. The van der Waals surface area contributed by atoms with E-state index >= 15 is 0 Å². The first kappa shape index (κ1) is 16.1. The second-order valence-electron chi connectivity index (χ2n) is 7.60. The zero-order valence-electron chi connectivity index (χ0n) is 14.4. The first-order valence-corrected chi connectivity index (χ1v) is 8.83. The number of nitrogens with one attached hydrogen (secondary N) is 1. The van der Waals surface area contributed by atoms with E-state index < -0.39 is 17.7 Å². The van der Waals surface area contributed by atoms with Crippen LogP contribution in [0.1, 0.15) is 29.9 Å². The van der Waals surface area contributed by atoms with Gasteiger partial charge in [0, 0.05) is 35.6 Å². The first-order chi connectivity index (χ1) is 12.0. The largest absolute Gasteiger partial charge is 0.369 e. The molecular formula is C19H24N4O2. The molecule has 1 aliphatic carbocycles. The standard InChI is InChI=1S/C19H24N4O2/c1-23-9-10(6-14(18(20)24)19(21)25)5-13-12-3-2-4-15-17(12)11(8-22-15)7-16(13)23/h2-4,8,10,13-14,16,22H,5-7,9H2,1H3,(H2,20,24)(H2,21,25)/t10-,13?,16+/m0/s1. The fraction of sp³-hybridized carbons (Fsp3) is 0.474. The number of carbonyl (C=O) groups excluding carboxylic acids is 2. The Bertz CT molecular complexity index is 829. The summed E-state index contributed by atoms with van der Waals surface area (Å²) in [6.45, 7) is 0.855. The SMILES string of the molecule is CN1C[C@H](CC(C(N)=O)C(N)=O)CC2c3cccc4[nH]cc(c34)C[C@H]21. The summed E-state index contributed by atoms with van der Waals surface area (Å²) < 4.78 is 0. The zero-order chi connectivity index (χ0) is 17.7. The lowest BCUT2D eigenvalue weighted by molar-refractivity contribution is -0.132. The van der Waals surface area contributed by atoms with Gasteiger partial charge in [-0.25, -0.2) is 0 Å². The summed E-state index contributed by atoms with van der Waals surface area (Å²) in [6, 6.07) is 6.88. The number of hydrogen-bond donors (Lipinski definition) is 3. The topological polar surface area (TPSA) is 105 Å². The van der Waals surface area contributed by atoms with E-state index in [1.165, 1.54) is 22.0 Å². The van der Waals surface area contributed by atoms with Gasteiger partial charge < -0.3 is 21.4 Å². The number of rotatable bonds is 4. The quantitative estimate of drug-likeness (QED) is 0.726. The summed E-state index contributed by atoms with van der Waals surface area (Å²) in [5.41, 5.74) is 14.7. The highest BCUT2D eigenvalue weighted by molar-refractivity contribution is 5.98. The molecule has 6 nitrogen and oxygen atoms in total. The van der Waals surface area contributed by atoms with Crippen molar-refractivity contribution in [3.05, 3.63) is 35.5 Å². The summed E-state index contributed by atoms with van der Waals surface area (Å²) in [5.74, 6) is -1.48. The van der Waals surface area contributed by atoms with Gasteiger partial charge in [0.05, 0.1) is 0 Å². The molecule has 0 radical (unpaired) electrons. The maximum atomic E-state index is 11.6. The van der Waals surface area contributed by atoms with Crippen molar-refractivity contribution in [2.75, 3.05) is 13.6 Å². The van der Waals surface area contributed by atoms with Crippen molar-refractivity contribution >= 4 is 22.7 Å². The average molecular weight is 340 g/mol. The zero-order valence-corrected chi connectivity index (χ0v) is 14.4. The van der Waals surface area contributed by atoms with Crippen molar-refractivity contribution < 1.29 is 9.59 Å². The van der Waals surface area contributed by atoms with Gasteiger partial charge in [-0.05, 0) is 49.4 Å². The number of primary amides is 2. The number of amides is 2. The van der Waals surface area contributed by atoms with Crippen molar-refractivity contribution in [2.24, 2.45) is 23.3 Å². The molecule has 6 heteroatoms. The molecule has 0 spiro atoms. The highest BCUT2D eigenvalue weighted by atomic mass is 16.2. The summed E-state index contributed by atoms with van der Waals surface area (Å²) in [5, 5.41) is 1.35. The van der Waals surface area contributed by atoms with Crippen molar-refractivity contribution in [2.45, 2.75) is 31.2 Å². The van der Waals surface area contributed by atoms with Crippen molar-refractivity contribution in [1.82, 2.24) is 9.88 Å². The van der Waals surface area contributed by atoms with Gasteiger partial charge in [0.15, 0.2) is 0 Å². The van der Waals surface area contributed by atoms with Crippen molar-refractivity contribution in [3.63, 3.8) is 0 Å². The number of likely N-dealkylation sites (tertiary alicyclic amines) is 1. The number of nitrogens with zero attached hydrogens (tertiary/aromatic N) is 1. The first-order valence-electron chi connectivity index (χ1n) is 8.83. The minimum absolute atomic E-state index is 0.229. The summed E-state index contributed by atoms with van der Waals surface area (Å²) in [7, 11) is 2.13.